The van der Waals surface area contributed by atoms with E-state index in [2.05, 4.69) is 15.5 Å². The van der Waals surface area contributed by atoms with E-state index in [4.69, 9.17) is 9.84 Å². The molecule has 0 bridgehead atoms. The van der Waals surface area contributed by atoms with E-state index in [1.807, 2.05) is 0 Å². The first-order valence-corrected chi connectivity index (χ1v) is 5.87. The molecule has 20 heavy (non-hydrogen) atoms. The predicted octanol–water partition coefficient (Wildman–Crippen LogP) is 0.969. The first kappa shape index (κ1) is 14.1. The summed E-state index contributed by atoms with van der Waals surface area (Å²) in [5, 5.41) is 19.8. The van der Waals surface area contributed by atoms with Crippen LogP contribution in [0.15, 0.2) is 24.3 Å². The number of hydrogen-bond donors (Lipinski definition) is 1. The van der Waals surface area contributed by atoms with Gasteiger partial charge in [-0.3, -0.25) is 4.79 Å². The molecular weight excluding hydrogens is 267 g/mol. The van der Waals surface area contributed by atoms with Crippen LogP contribution in [0.5, 0.6) is 0 Å². The van der Waals surface area contributed by atoms with Gasteiger partial charge in [-0.1, -0.05) is 12.1 Å². The lowest BCUT2D eigenvalue weighted by molar-refractivity contribution is -0.140. The average molecular weight is 280 g/mol. The minimum Gasteiger partial charge on any atom is -0.481 e. The van der Waals surface area contributed by atoms with E-state index >= 15 is 0 Å². The third-order valence-electron chi connectivity index (χ3n) is 2.76. The summed E-state index contributed by atoms with van der Waals surface area (Å²) in [7, 11) is 1.40. The van der Waals surface area contributed by atoms with Crippen LogP contribution in [0.4, 0.5) is 4.39 Å². The van der Waals surface area contributed by atoms with Crippen molar-refractivity contribution in [3.63, 3.8) is 0 Å². The van der Waals surface area contributed by atoms with Gasteiger partial charge in [0, 0.05) is 7.11 Å². The molecule has 0 amide bonds. The van der Waals surface area contributed by atoms with Gasteiger partial charge < -0.3 is 9.84 Å². The van der Waals surface area contributed by atoms with Gasteiger partial charge in [-0.05, 0) is 22.6 Å². The minimum atomic E-state index is -0.989. The molecule has 0 fully saturated rings. The van der Waals surface area contributed by atoms with Gasteiger partial charge in [0.2, 0.25) is 0 Å². The molecule has 2 rings (SSSR count). The van der Waals surface area contributed by atoms with Crippen LogP contribution in [0.1, 0.15) is 6.42 Å². The molecule has 0 aliphatic carbocycles. The number of carboxylic acid groups (broad SMARTS) is 1. The Balaban J connectivity index is 2.25. The second kappa shape index (κ2) is 6.20. The van der Waals surface area contributed by atoms with Gasteiger partial charge in [0.05, 0.1) is 24.6 Å². The van der Waals surface area contributed by atoms with E-state index in [1.165, 1.54) is 17.9 Å². The molecule has 0 aliphatic rings. The maximum Gasteiger partial charge on any atom is 0.306 e. The molecule has 106 valence electrons. The summed E-state index contributed by atoms with van der Waals surface area (Å²) in [6.07, 6.45) is -0.783. The molecule has 1 aromatic carbocycles. The summed E-state index contributed by atoms with van der Waals surface area (Å²) in [4.78, 5) is 10.7. The molecule has 1 heterocycles. The number of tetrazole rings is 1. The summed E-state index contributed by atoms with van der Waals surface area (Å²) >= 11 is 0. The van der Waals surface area contributed by atoms with E-state index < -0.39 is 17.9 Å². The molecule has 0 spiro atoms. The summed E-state index contributed by atoms with van der Waals surface area (Å²) in [6, 6.07) is 6.09. The van der Waals surface area contributed by atoms with Crippen molar-refractivity contribution in [2.24, 2.45) is 0 Å². The van der Waals surface area contributed by atoms with Gasteiger partial charge >= 0.3 is 5.97 Å². The quantitative estimate of drug-likeness (QED) is 0.848. The molecule has 0 aliphatic heterocycles. The maximum absolute atomic E-state index is 13.7. The molecule has 8 heteroatoms. The number of rotatable bonds is 6. The van der Waals surface area contributed by atoms with Crippen LogP contribution in [0.25, 0.3) is 11.4 Å². The van der Waals surface area contributed by atoms with E-state index in [1.54, 1.807) is 18.2 Å². The van der Waals surface area contributed by atoms with Crippen LogP contribution in [0.2, 0.25) is 0 Å². The van der Waals surface area contributed by atoms with Crippen LogP contribution in [0.3, 0.4) is 0 Å². The molecule has 1 aromatic heterocycles. The lowest BCUT2D eigenvalue weighted by Gasteiger charge is -2.13. The molecule has 0 saturated carbocycles. The average Bonchev–Trinajstić information content (AvgIpc) is 2.86. The highest BCUT2D eigenvalue weighted by Gasteiger charge is 2.18. The molecule has 7 nitrogen and oxygen atoms in total. The largest absolute Gasteiger partial charge is 0.481 e. The highest BCUT2D eigenvalue weighted by atomic mass is 19.1. The lowest BCUT2D eigenvalue weighted by Crippen LogP contribution is -2.23. The standard InChI is InChI=1S/C12H13FN4O3/c1-20-8(6-11(18)19)7-17-12(14-15-16-17)9-4-2-3-5-10(9)13/h2-5,8H,6-7H2,1H3,(H,18,19). The zero-order valence-corrected chi connectivity index (χ0v) is 10.7. The molecule has 1 unspecified atom stereocenters. The van der Waals surface area contributed by atoms with Crippen molar-refractivity contribution in [1.29, 1.82) is 0 Å². The summed E-state index contributed by atoms with van der Waals surface area (Å²) in [5.41, 5.74) is 0.252. The molecule has 0 radical (unpaired) electrons. The SMILES string of the molecule is COC(CC(=O)O)Cn1nnnc1-c1ccccc1F. The van der Waals surface area contributed by atoms with Crippen molar-refractivity contribution in [2.45, 2.75) is 19.1 Å². The number of nitrogens with zero attached hydrogens (tertiary/aromatic N) is 4. The van der Waals surface area contributed by atoms with Gasteiger partial charge in [0.25, 0.3) is 0 Å². The van der Waals surface area contributed by atoms with E-state index in [-0.39, 0.29) is 24.4 Å². The Morgan fingerprint density at radius 2 is 2.25 bits per heavy atom. The van der Waals surface area contributed by atoms with Crippen molar-refractivity contribution in [3.8, 4) is 11.4 Å². The van der Waals surface area contributed by atoms with Gasteiger partial charge in [-0.2, -0.15) is 0 Å². The van der Waals surface area contributed by atoms with Crippen molar-refractivity contribution in [1.82, 2.24) is 20.2 Å². The predicted molar refractivity (Wildman–Crippen MR) is 66.3 cm³/mol. The van der Waals surface area contributed by atoms with Gasteiger partial charge in [0.1, 0.15) is 5.82 Å². The Labute approximate surface area is 114 Å². The van der Waals surface area contributed by atoms with Crippen LogP contribution < -0.4 is 0 Å². The smallest absolute Gasteiger partial charge is 0.306 e. The number of ether oxygens (including phenoxy) is 1. The minimum absolute atomic E-state index is 0.124. The molecular formula is C12H13FN4O3. The van der Waals surface area contributed by atoms with Gasteiger partial charge in [-0.15, -0.1) is 5.10 Å². The van der Waals surface area contributed by atoms with E-state index in [0.29, 0.717) is 0 Å². The molecule has 1 atom stereocenters. The normalized spacial score (nSPS) is 12.3. The van der Waals surface area contributed by atoms with Crippen LogP contribution in [-0.4, -0.2) is 44.5 Å². The molecule has 0 saturated heterocycles. The summed E-state index contributed by atoms with van der Waals surface area (Å²) < 4.78 is 20.1. The number of aromatic nitrogens is 4. The number of carbonyl (C=O) groups is 1. The number of halogens is 1. The molecule has 1 N–H and O–H groups in total. The van der Waals surface area contributed by atoms with Gasteiger partial charge in [0.15, 0.2) is 5.82 Å². The second-order valence-electron chi connectivity index (χ2n) is 4.12. The van der Waals surface area contributed by atoms with Crippen LogP contribution in [0, 0.1) is 5.82 Å². The zero-order valence-electron chi connectivity index (χ0n) is 10.7. The highest BCUT2D eigenvalue weighted by molar-refractivity contribution is 5.67. The fourth-order valence-electron chi connectivity index (χ4n) is 1.77. The monoisotopic (exact) mass is 280 g/mol. The van der Waals surface area contributed by atoms with Crippen molar-refractivity contribution < 1.29 is 19.0 Å². The van der Waals surface area contributed by atoms with Crippen LogP contribution >= 0.6 is 0 Å². The summed E-state index contributed by atoms with van der Waals surface area (Å²) in [6.45, 7) is 0.124. The Morgan fingerprint density at radius 3 is 2.90 bits per heavy atom. The molecule has 2 aromatic rings. The van der Waals surface area contributed by atoms with Gasteiger partial charge in [-0.25, -0.2) is 9.07 Å². The Kier molecular flexibility index (Phi) is 4.36. The lowest BCUT2D eigenvalue weighted by atomic mass is 10.2. The number of aliphatic carboxylic acids is 1. The first-order chi connectivity index (χ1) is 9.61. The number of methoxy groups -OCH3 is 1. The van der Waals surface area contributed by atoms with E-state index in [9.17, 15) is 9.18 Å². The summed E-state index contributed by atoms with van der Waals surface area (Å²) in [5.74, 6) is -1.20. The number of benzene rings is 1. The van der Waals surface area contributed by atoms with Crippen molar-refractivity contribution in [3.05, 3.63) is 30.1 Å². The Hall–Kier alpha value is -2.35. The fraction of sp³-hybridized carbons (Fsp3) is 0.333. The highest BCUT2D eigenvalue weighted by Crippen LogP contribution is 2.19. The number of hydrogen-bond acceptors (Lipinski definition) is 5. The van der Waals surface area contributed by atoms with Crippen LogP contribution in [-0.2, 0) is 16.1 Å². The number of carboxylic acids is 1. The topological polar surface area (TPSA) is 90.1 Å². The third-order valence-corrected chi connectivity index (χ3v) is 2.76. The maximum atomic E-state index is 13.7. The van der Waals surface area contributed by atoms with E-state index in [0.717, 1.165) is 0 Å². The van der Waals surface area contributed by atoms with Crippen molar-refractivity contribution in [2.75, 3.05) is 7.11 Å². The first-order valence-electron chi connectivity index (χ1n) is 5.87. The Morgan fingerprint density at radius 1 is 1.50 bits per heavy atom. The zero-order chi connectivity index (χ0) is 14.5. The Bertz CT molecular complexity index is 602. The fourth-order valence-corrected chi connectivity index (χ4v) is 1.77. The third kappa shape index (κ3) is 3.15. The van der Waals surface area contributed by atoms with Crippen molar-refractivity contribution >= 4 is 5.97 Å². The second-order valence-corrected chi connectivity index (χ2v) is 4.12.